The molecule has 2 nitrogen and oxygen atoms in total. The number of hydrogen-bond acceptors (Lipinski definition) is 2. The summed E-state index contributed by atoms with van der Waals surface area (Å²) in [4.78, 5) is 7.43. The molecule has 1 N–H and O–H groups in total. The molecule has 0 spiro atoms. The number of benzene rings is 1. The Morgan fingerprint density at radius 3 is 2.50 bits per heavy atom. The predicted octanol–water partition coefficient (Wildman–Crippen LogP) is 2.77. The Balaban J connectivity index is 0.000000980. The van der Waals surface area contributed by atoms with Gasteiger partial charge in [0.2, 0.25) is 0 Å². The number of hydrogen-bond donors (Lipinski definition) is 2. The first-order chi connectivity index (χ1) is 6.09. The molecule has 0 saturated heterocycles. The topological polar surface area (TPSA) is 28.7 Å². The molecule has 2 aromatic rings. The maximum Gasteiger partial charge on any atom is 0.163 e. The van der Waals surface area contributed by atoms with Crippen LogP contribution in [-0.2, 0) is 19.5 Å². The second-order valence-electron chi connectivity index (χ2n) is 3.40. The summed E-state index contributed by atoms with van der Waals surface area (Å²) < 4.78 is 0. The van der Waals surface area contributed by atoms with Gasteiger partial charge in [0.1, 0.15) is 0 Å². The van der Waals surface area contributed by atoms with Crippen LogP contribution in [0.25, 0.3) is 11.0 Å². The molecule has 1 aromatic carbocycles. The smallest absolute Gasteiger partial charge is 0.163 e. The number of aromatic nitrogens is 2. The number of fused-ring (bicyclic) bond motifs is 1. The summed E-state index contributed by atoms with van der Waals surface area (Å²) in [6.07, 6.45) is 0. The molecule has 0 fully saturated rings. The molecule has 4 heteroatoms. The van der Waals surface area contributed by atoms with Gasteiger partial charge in [0.05, 0.1) is 11.0 Å². The Bertz CT molecular complexity index is 476. The third-order valence-electron chi connectivity index (χ3n) is 2.60. The van der Waals surface area contributed by atoms with Crippen LogP contribution in [0.3, 0.4) is 0 Å². The predicted molar refractivity (Wildman–Crippen MR) is 57.6 cm³/mol. The fraction of sp³-hybridized carbons (Fsp3) is 0.300. The quantitative estimate of drug-likeness (QED) is 0.551. The van der Waals surface area contributed by atoms with E-state index in [9.17, 15) is 0 Å². The van der Waals surface area contributed by atoms with Crippen molar-refractivity contribution in [3.63, 3.8) is 0 Å². The minimum atomic E-state index is 0. The fourth-order valence-electron chi connectivity index (χ4n) is 1.56. The Morgan fingerprint density at radius 1 is 1.21 bits per heavy atom. The molecule has 0 saturated carbocycles. The van der Waals surface area contributed by atoms with Gasteiger partial charge in [-0.2, -0.15) is 0 Å². The van der Waals surface area contributed by atoms with Gasteiger partial charge in [-0.1, -0.05) is 0 Å². The van der Waals surface area contributed by atoms with Gasteiger partial charge in [-0.15, -0.1) is 12.6 Å². The van der Waals surface area contributed by atoms with E-state index in [-0.39, 0.29) is 19.5 Å². The molecule has 0 aliphatic carbocycles. The van der Waals surface area contributed by atoms with Crippen molar-refractivity contribution in [3.05, 3.63) is 22.8 Å². The van der Waals surface area contributed by atoms with Crippen molar-refractivity contribution in [1.29, 1.82) is 0 Å². The van der Waals surface area contributed by atoms with Crippen molar-refractivity contribution in [2.24, 2.45) is 0 Å². The van der Waals surface area contributed by atoms with Crippen molar-refractivity contribution in [2.75, 3.05) is 0 Å². The number of aryl methyl sites for hydroxylation is 2. The van der Waals surface area contributed by atoms with E-state index >= 15 is 0 Å². The maximum atomic E-state index is 4.28. The number of nitrogens with zero attached hydrogens (tertiary/aromatic N) is 1. The van der Waals surface area contributed by atoms with Crippen molar-refractivity contribution in [1.82, 2.24) is 9.97 Å². The van der Waals surface area contributed by atoms with Crippen LogP contribution in [-0.4, -0.2) is 9.97 Å². The van der Waals surface area contributed by atoms with Crippen LogP contribution in [0.5, 0.6) is 0 Å². The number of rotatable bonds is 0. The van der Waals surface area contributed by atoms with Crippen LogP contribution < -0.4 is 0 Å². The summed E-state index contributed by atoms with van der Waals surface area (Å²) in [6.45, 7) is 6.34. The molecular formula is C10H12N2SZn. The number of thiol groups is 1. The third-order valence-corrected chi connectivity index (χ3v) is 2.81. The SMILES string of the molecule is Cc1cc2nc(S)[nH]c2c(C)c1C.[Zn]. The second kappa shape index (κ2) is 4.03. The molecule has 14 heavy (non-hydrogen) atoms. The van der Waals surface area contributed by atoms with Gasteiger partial charge in [-0.3, -0.25) is 0 Å². The van der Waals surface area contributed by atoms with E-state index in [4.69, 9.17) is 0 Å². The summed E-state index contributed by atoms with van der Waals surface area (Å²) in [5.41, 5.74) is 5.98. The zero-order valence-electron chi connectivity index (χ0n) is 8.68. The van der Waals surface area contributed by atoms with Crippen molar-refractivity contribution in [2.45, 2.75) is 25.9 Å². The average Bonchev–Trinajstić information content (AvgIpc) is 2.42. The maximum absolute atomic E-state index is 4.28. The Labute approximate surface area is 102 Å². The molecule has 0 unspecified atom stereocenters. The molecule has 70 valence electrons. The van der Waals surface area contributed by atoms with E-state index < -0.39 is 0 Å². The van der Waals surface area contributed by atoms with Gasteiger partial charge in [0, 0.05) is 19.5 Å². The molecule has 0 atom stereocenters. The molecule has 0 radical (unpaired) electrons. The van der Waals surface area contributed by atoms with Crippen LogP contribution >= 0.6 is 12.6 Å². The zero-order chi connectivity index (χ0) is 9.59. The number of nitrogens with one attached hydrogen (secondary N) is 1. The van der Waals surface area contributed by atoms with E-state index in [0.29, 0.717) is 5.16 Å². The summed E-state index contributed by atoms with van der Waals surface area (Å²) in [6, 6.07) is 2.09. The monoisotopic (exact) mass is 256 g/mol. The van der Waals surface area contributed by atoms with Crippen molar-refractivity contribution in [3.8, 4) is 0 Å². The van der Waals surface area contributed by atoms with Gasteiger partial charge < -0.3 is 4.98 Å². The Hall–Kier alpha value is -0.337. The molecule has 0 amide bonds. The van der Waals surface area contributed by atoms with Crippen LogP contribution in [0.15, 0.2) is 11.2 Å². The van der Waals surface area contributed by atoms with Crippen LogP contribution in [0.4, 0.5) is 0 Å². The molecular weight excluding hydrogens is 246 g/mol. The molecule has 2 rings (SSSR count). The first-order valence-electron chi connectivity index (χ1n) is 4.25. The molecule has 1 heterocycles. The minimum absolute atomic E-state index is 0. The summed E-state index contributed by atoms with van der Waals surface area (Å²) in [5, 5.41) is 0.683. The van der Waals surface area contributed by atoms with Crippen molar-refractivity contribution < 1.29 is 19.5 Å². The van der Waals surface area contributed by atoms with Gasteiger partial charge in [-0.25, -0.2) is 4.98 Å². The van der Waals surface area contributed by atoms with Gasteiger partial charge >= 0.3 is 0 Å². The Kier molecular flexibility index (Phi) is 3.38. The van der Waals surface area contributed by atoms with E-state index in [1.54, 1.807) is 0 Å². The van der Waals surface area contributed by atoms with E-state index in [1.165, 1.54) is 16.7 Å². The van der Waals surface area contributed by atoms with Gasteiger partial charge in [0.25, 0.3) is 0 Å². The van der Waals surface area contributed by atoms with Crippen molar-refractivity contribution >= 4 is 23.7 Å². The first-order valence-corrected chi connectivity index (χ1v) is 4.70. The van der Waals surface area contributed by atoms with Crippen LogP contribution in [0.1, 0.15) is 16.7 Å². The van der Waals surface area contributed by atoms with E-state index in [1.807, 2.05) is 0 Å². The van der Waals surface area contributed by atoms with E-state index in [0.717, 1.165) is 11.0 Å². The van der Waals surface area contributed by atoms with Gasteiger partial charge in [0.15, 0.2) is 5.16 Å². The molecule has 0 bridgehead atoms. The van der Waals surface area contributed by atoms with Crippen LogP contribution in [0, 0.1) is 20.8 Å². The van der Waals surface area contributed by atoms with E-state index in [2.05, 4.69) is 49.4 Å². The molecule has 0 aliphatic rings. The average molecular weight is 258 g/mol. The number of H-pyrrole nitrogens is 1. The normalized spacial score (nSPS) is 10.3. The molecule has 1 aromatic heterocycles. The Morgan fingerprint density at radius 2 is 1.86 bits per heavy atom. The molecule has 0 aliphatic heterocycles. The zero-order valence-corrected chi connectivity index (χ0v) is 12.5. The van der Waals surface area contributed by atoms with Gasteiger partial charge in [-0.05, 0) is 43.5 Å². The fourth-order valence-corrected chi connectivity index (χ4v) is 1.78. The second-order valence-corrected chi connectivity index (χ2v) is 3.82. The summed E-state index contributed by atoms with van der Waals surface area (Å²) in [5.74, 6) is 0. The summed E-state index contributed by atoms with van der Waals surface area (Å²) in [7, 11) is 0. The summed E-state index contributed by atoms with van der Waals surface area (Å²) >= 11 is 4.19. The number of aromatic amines is 1. The third kappa shape index (κ3) is 1.73. The standard InChI is InChI=1S/C10H12N2S.Zn/c1-5-4-8-9(7(3)6(5)2)12-10(13)11-8;/h4H,1-3H3,(H2,11,12,13);. The minimum Gasteiger partial charge on any atom is -0.333 e. The largest absolute Gasteiger partial charge is 0.333 e. The first kappa shape index (κ1) is 11.7. The number of imidazole rings is 1. The van der Waals surface area contributed by atoms with Crippen LogP contribution in [0.2, 0.25) is 0 Å².